The van der Waals surface area contributed by atoms with Crippen LogP contribution in [0.2, 0.25) is 0 Å². The lowest BCUT2D eigenvalue weighted by molar-refractivity contribution is 0.121. The van der Waals surface area contributed by atoms with Crippen molar-refractivity contribution >= 4 is 6.16 Å². The summed E-state index contributed by atoms with van der Waals surface area (Å²) in [6.07, 6.45) is -0.597. The summed E-state index contributed by atoms with van der Waals surface area (Å²) < 4.78 is 8.90. The lowest BCUT2D eigenvalue weighted by Crippen LogP contribution is -2.09. The van der Waals surface area contributed by atoms with Gasteiger partial charge < -0.3 is 14.8 Å². The zero-order chi connectivity index (χ0) is 9.40. The summed E-state index contributed by atoms with van der Waals surface area (Å²) in [6, 6.07) is 0. The summed E-state index contributed by atoms with van der Waals surface area (Å²) in [6.45, 7) is 8.57. The molecular formula is C8H17NO3. The maximum atomic E-state index is 10.0. The minimum absolute atomic E-state index is 0.0486. The Morgan fingerprint density at radius 2 is 2.08 bits per heavy atom. The average molecular weight is 175 g/mol. The van der Waals surface area contributed by atoms with Crippen molar-refractivity contribution < 1.29 is 14.3 Å². The van der Waals surface area contributed by atoms with Crippen LogP contribution in [0, 0.1) is 0 Å². The highest BCUT2D eigenvalue weighted by Crippen LogP contribution is 2.02. The smallest absolute Gasteiger partial charge is 0.430 e. The largest absolute Gasteiger partial charge is 0.508 e. The van der Waals surface area contributed by atoms with E-state index in [1.165, 1.54) is 0 Å². The van der Waals surface area contributed by atoms with E-state index in [0.29, 0.717) is 6.61 Å². The molecule has 1 rings (SSSR count). The molecule has 4 nitrogen and oxygen atoms in total. The lowest BCUT2D eigenvalue weighted by Gasteiger charge is -1.90. The molecule has 1 atom stereocenters. The van der Waals surface area contributed by atoms with Gasteiger partial charge in [-0.2, -0.15) is 0 Å². The number of carbonyl (C=O) groups is 1. The number of ether oxygens (including phenoxy) is 2. The van der Waals surface area contributed by atoms with Crippen molar-refractivity contribution in [3.63, 3.8) is 0 Å². The second-order valence-electron chi connectivity index (χ2n) is 2.45. The first-order valence-electron chi connectivity index (χ1n) is 4.24. The molecule has 0 spiro atoms. The van der Waals surface area contributed by atoms with Gasteiger partial charge in [-0.05, 0) is 20.0 Å². The molecule has 12 heavy (non-hydrogen) atoms. The molecule has 0 amide bonds. The van der Waals surface area contributed by atoms with Crippen LogP contribution >= 0.6 is 0 Å². The van der Waals surface area contributed by atoms with E-state index in [9.17, 15) is 4.79 Å². The monoisotopic (exact) mass is 175 g/mol. The highest BCUT2D eigenvalue weighted by atomic mass is 16.8. The molecule has 1 aliphatic rings. The van der Waals surface area contributed by atoms with Gasteiger partial charge in [0.25, 0.3) is 0 Å². The third kappa shape index (κ3) is 5.97. The van der Waals surface area contributed by atoms with Crippen molar-refractivity contribution in [3.05, 3.63) is 0 Å². The number of hydrogen-bond acceptors (Lipinski definition) is 4. The fraction of sp³-hybridized carbons (Fsp3) is 0.875. The average Bonchev–Trinajstić information content (AvgIpc) is 2.38. The van der Waals surface area contributed by atoms with Crippen LogP contribution in [0.4, 0.5) is 4.79 Å². The van der Waals surface area contributed by atoms with Gasteiger partial charge in [-0.15, -0.1) is 0 Å². The van der Waals surface area contributed by atoms with Gasteiger partial charge in [0.05, 0.1) is 0 Å². The first-order valence-corrected chi connectivity index (χ1v) is 4.24. The standard InChI is InChI=1S/C4H11N.C4H6O3/c1-3-5-4-2;1-3-2-6-4(5)7-3/h5H,3-4H2,1-2H3;3H,2H2,1H3. The Hall–Kier alpha value is -0.770. The first-order chi connectivity index (χ1) is 5.70. The van der Waals surface area contributed by atoms with Gasteiger partial charge in [0, 0.05) is 0 Å². The molecule has 1 N–H and O–H groups in total. The molecule has 0 aromatic heterocycles. The van der Waals surface area contributed by atoms with Gasteiger partial charge in [-0.3, -0.25) is 0 Å². The Morgan fingerprint density at radius 1 is 1.50 bits per heavy atom. The minimum atomic E-state index is -0.549. The second kappa shape index (κ2) is 6.91. The quantitative estimate of drug-likeness (QED) is 0.640. The Morgan fingerprint density at radius 3 is 2.17 bits per heavy atom. The highest BCUT2D eigenvalue weighted by molar-refractivity contribution is 5.61. The van der Waals surface area contributed by atoms with Gasteiger partial charge in [0.15, 0.2) is 0 Å². The zero-order valence-electron chi connectivity index (χ0n) is 7.92. The second-order valence-corrected chi connectivity index (χ2v) is 2.45. The van der Waals surface area contributed by atoms with Crippen LogP contribution < -0.4 is 5.32 Å². The Balaban J connectivity index is 0.000000217. The molecule has 1 fully saturated rings. The molecule has 1 heterocycles. The van der Waals surface area contributed by atoms with Gasteiger partial charge in [0.2, 0.25) is 0 Å². The van der Waals surface area contributed by atoms with E-state index in [2.05, 4.69) is 28.6 Å². The Labute approximate surface area is 73.2 Å². The summed E-state index contributed by atoms with van der Waals surface area (Å²) >= 11 is 0. The minimum Gasteiger partial charge on any atom is -0.430 e. The van der Waals surface area contributed by atoms with Crippen molar-refractivity contribution in [3.8, 4) is 0 Å². The molecular weight excluding hydrogens is 158 g/mol. The van der Waals surface area contributed by atoms with Crippen LogP contribution in [-0.2, 0) is 9.47 Å². The Kier molecular flexibility index (Phi) is 6.47. The zero-order valence-corrected chi connectivity index (χ0v) is 7.92. The molecule has 72 valence electrons. The van der Waals surface area contributed by atoms with E-state index in [0.717, 1.165) is 13.1 Å². The fourth-order valence-electron chi connectivity index (χ4n) is 0.668. The van der Waals surface area contributed by atoms with Crippen molar-refractivity contribution in [2.75, 3.05) is 19.7 Å². The predicted octanol–water partition coefficient (Wildman–Crippen LogP) is 1.16. The van der Waals surface area contributed by atoms with Crippen LogP contribution in [0.1, 0.15) is 20.8 Å². The van der Waals surface area contributed by atoms with E-state index in [4.69, 9.17) is 0 Å². The molecule has 1 saturated heterocycles. The summed E-state index contributed by atoms with van der Waals surface area (Å²) in [5, 5.41) is 3.11. The van der Waals surface area contributed by atoms with Gasteiger partial charge in [0.1, 0.15) is 12.7 Å². The van der Waals surface area contributed by atoms with Gasteiger partial charge in [-0.1, -0.05) is 13.8 Å². The third-order valence-electron chi connectivity index (χ3n) is 1.23. The van der Waals surface area contributed by atoms with Crippen LogP contribution in [0.3, 0.4) is 0 Å². The number of rotatable bonds is 2. The molecule has 4 heteroatoms. The topological polar surface area (TPSA) is 47.6 Å². The normalized spacial score (nSPS) is 20.6. The van der Waals surface area contributed by atoms with Crippen LogP contribution in [-0.4, -0.2) is 32.0 Å². The third-order valence-corrected chi connectivity index (χ3v) is 1.23. The van der Waals surface area contributed by atoms with E-state index in [1.54, 1.807) is 6.92 Å². The van der Waals surface area contributed by atoms with Crippen LogP contribution in [0.15, 0.2) is 0 Å². The van der Waals surface area contributed by atoms with E-state index in [1.807, 2.05) is 0 Å². The molecule has 0 aromatic carbocycles. The number of cyclic esters (lactones) is 2. The van der Waals surface area contributed by atoms with E-state index in [-0.39, 0.29) is 6.10 Å². The van der Waals surface area contributed by atoms with E-state index < -0.39 is 6.16 Å². The van der Waals surface area contributed by atoms with Crippen LogP contribution in [0.5, 0.6) is 0 Å². The summed E-state index contributed by atoms with van der Waals surface area (Å²) in [5.41, 5.74) is 0. The summed E-state index contributed by atoms with van der Waals surface area (Å²) in [5.74, 6) is 0. The van der Waals surface area contributed by atoms with Gasteiger partial charge in [-0.25, -0.2) is 4.79 Å². The number of hydrogen-bond donors (Lipinski definition) is 1. The number of nitrogens with one attached hydrogen (secondary N) is 1. The molecule has 0 radical (unpaired) electrons. The number of carbonyl (C=O) groups excluding carboxylic acids is 1. The molecule has 0 aromatic rings. The fourth-order valence-corrected chi connectivity index (χ4v) is 0.668. The van der Waals surface area contributed by atoms with Crippen LogP contribution in [0.25, 0.3) is 0 Å². The summed E-state index contributed by atoms with van der Waals surface area (Å²) in [4.78, 5) is 10.0. The summed E-state index contributed by atoms with van der Waals surface area (Å²) in [7, 11) is 0. The predicted molar refractivity (Wildman–Crippen MR) is 46.1 cm³/mol. The Bertz CT molecular complexity index is 125. The molecule has 0 bridgehead atoms. The van der Waals surface area contributed by atoms with E-state index >= 15 is 0 Å². The van der Waals surface area contributed by atoms with Crippen molar-refractivity contribution in [2.24, 2.45) is 0 Å². The van der Waals surface area contributed by atoms with Crippen molar-refractivity contribution in [1.82, 2.24) is 5.32 Å². The molecule has 1 unspecified atom stereocenters. The molecule has 0 aliphatic carbocycles. The highest BCUT2D eigenvalue weighted by Gasteiger charge is 2.19. The first kappa shape index (κ1) is 11.2. The SMILES string of the molecule is CC1COC(=O)O1.CCNCC. The van der Waals surface area contributed by atoms with Crippen molar-refractivity contribution in [1.29, 1.82) is 0 Å². The molecule has 1 aliphatic heterocycles. The van der Waals surface area contributed by atoms with Crippen molar-refractivity contribution in [2.45, 2.75) is 26.9 Å². The maximum absolute atomic E-state index is 10.0. The maximum Gasteiger partial charge on any atom is 0.508 e. The lowest BCUT2D eigenvalue weighted by atomic mass is 10.5. The molecule has 0 saturated carbocycles. The van der Waals surface area contributed by atoms with Gasteiger partial charge >= 0.3 is 6.16 Å².